The standard InChI is InChI=1S/C8H6ClFN2O4/c1-4(11(13)14)5-2-6(9)8(12(15)16)3-7(5)10/h2-4H,1H3. The van der Waals surface area contributed by atoms with Crippen molar-refractivity contribution in [3.8, 4) is 0 Å². The average molecular weight is 249 g/mol. The molecule has 0 aliphatic heterocycles. The first kappa shape index (κ1) is 12.3. The Balaban J connectivity index is 3.31. The molecule has 0 aliphatic carbocycles. The Kier molecular flexibility index (Phi) is 3.38. The van der Waals surface area contributed by atoms with E-state index in [1.54, 1.807) is 0 Å². The highest BCUT2D eigenvalue weighted by Gasteiger charge is 2.25. The van der Waals surface area contributed by atoms with Gasteiger partial charge >= 0.3 is 0 Å². The van der Waals surface area contributed by atoms with E-state index >= 15 is 0 Å². The van der Waals surface area contributed by atoms with Crippen molar-refractivity contribution in [3.63, 3.8) is 0 Å². The van der Waals surface area contributed by atoms with Crippen molar-refractivity contribution in [1.82, 2.24) is 0 Å². The van der Waals surface area contributed by atoms with Gasteiger partial charge in [0.15, 0.2) is 0 Å². The zero-order valence-corrected chi connectivity index (χ0v) is 8.77. The smallest absolute Gasteiger partial charge is 0.264 e. The number of hydrogen-bond donors (Lipinski definition) is 0. The summed E-state index contributed by atoms with van der Waals surface area (Å²) in [6.07, 6.45) is 0. The molecular weight excluding hydrogens is 243 g/mol. The van der Waals surface area contributed by atoms with Crippen molar-refractivity contribution in [2.45, 2.75) is 13.0 Å². The maximum absolute atomic E-state index is 13.3. The van der Waals surface area contributed by atoms with E-state index in [1.165, 1.54) is 6.92 Å². The van der Waals surface area contributed by atoms with Gasteiger partial charge in [-0.3, -0.25) is 20.2 Å². The van der Waals surface area contributed by atoms with Gasteiger partial charge in [-0.25, -0.2) is 4.39 Å². The van der Waals surface area contributed by atoms with Gasteiger partial charge in [0, 0.05) is 11.8 Å². The molecule has 0 saturated carbocycles. The van der Waals surface area contributed by atoms with Crippen LogP contribution >= 0.6 is 11.6 Å². The van der Waals surface area contributed by atoms with E-state index in [4.69, 9.17) is 11.6 Å². The fourth-order valence-corrected chi connectivity index (χ4v) is 1.37. The minimum Gasteiger partial charge on any atom is -0.264 e. The minimum absolute atomic E-state index is 0.277. The first-order valence-corrected chi connectivity index (χ1v) is 4.49. The van der Waals surface area contributed by atoms with Gasteiger partial charge in [0.25, 0.3) is 5.69 Å². The largest absolute Gasteiger partial charge is 0.290 e. The average Bonchev–Trinajstić information content (AvgIpc) is 2.19. The van der Waals surface area contributed by atoms with E-state index in [0.717, 1.165) is 6.07 Å². The molecule has 0 saturated heterocycles. The Bertz CT molecular complexity index is 466. The van der Waals surface area contributed by atoms with Crippen molar-refractivity contribution in [2.75, 3.05) is 0 Å². The highest BCUT2D eigenvalue weighted by molar-refractivity contribution is 6.32. The second-order valence-corrected chi connectivity index (χ2v) is 3.45. The summed E-state index contributed by atoms with van der Waals surface area (Å²) in [5, 5.41) is 20.5. The summed E-state index contributed by atoms with van der Waals surface area (Å²) >= 11 is 5.51. The van der Waals surface area contributed by atoms with Crippen molar-refractivity contribution in [1.29, 1.82) is 0 Å². The Hall–Kier alpha value is -1.76. The van der Waals surface area contributed by atoms with Crippen LogP contribution in [0.5, 0.6) is 0 Å². The molecule has 1 aromatic rings. The van der Waals surface area contributed by atoms with Gasteiger partial charge in [0.1, 0.15) is 10.8 Å². The molecule has 0 spiro atoms. The van der Waals surface area contributed by atoms with Crippen molar-refractivity contribution < 1.29 is 14.2 Å². The third-order valence-corrected chi connectivity index (χ3v) is 2.33. The van der Waals surface area contributed by atoms with E-state index in [1.807, 2.05) is 0 Å². The predicted molar refractivity (Wildman–Crippen MR) is 53.5 cm³/mol. The van der Waals surface area contributed by atoms with E-state index in [9.17, 15) is 24.6 Å². The quantitative estimate of drug-likeness (QED) is 0.608. The summed E-state index contributed by atoms with van der Waals surface area (Å²) in [5.74, 6) is -1.01. The Morgan fingerprint density at radius 3 is 2.38 bits per heavy atom. The normalized spacial score (nSPS) is 12.2. The zero-order valence-electron chi connectivity index (χ0n) is 8.02. The maximum Gasteiger partial charge on any atom is 0.290 e. The fraction of sp³-hybridized carbons (Fsp3) is 0.250. The SMILES string of the molecule is CC(c1cc(Cl)c([N+](=O)[O-])cc1F)[N+](=O)[O-]. The molecule has 1 aromatic carbocycles. The molecule has 0 amide bonds. The molecular formula is C8H6ClFN2O4. The Labute approximate surface area is 93.9 Å². The van der Waals surface area contributed by atoms with Gasteiger partial charge in [0.05, 0.1) is 16.6 Å². The molecule has 6 nitrogen and oxygen atoms in total. The lowest BCUT2D eigenvalue weighted by molar-refractivity contribution is -0.524. The molecule has 8 heteroatoms. The van der Waals surface area contributed by atoms with E-state index < -0.39 is 27.4 Å². The summed E-state index contributed by atoms with van der Waals surface area (Å²) in [6.45, 7) is 1.17. The Morgan fingerprint density at radius 2 is 1.94 bits per heavy atom. The third-order valence-electron chi connectivity index (χ3n) is 2.03. The maximum atomic E-state index is 13.3. The first-order valence-electron chi connectivity index (χ1n) is 4.11. The molecule has 0 N–H and O–H groups in total. The van der Waals surface area contributed by atoms with Crippen LogP contribution in [0.25, 0.3) is 0 Å². The molecule has 1 atom stereocenters. The van der Waals surface area contributed by atoms with Crippen LogP contribution in [0.4, 0.5) is 10.1 Å². The third kappa shape index (κ3) is 2.25. The number of hydrogen-bond acceptors (Lipinski definition) is 4. The summed E-state index contributed by atoms with van der Waals surface area (Å²) in [5.41, 5.74) is -0.890. The number of nitro groups is 2. The molecule has 0 bridgehead atoms. The molecule has 1 rings (SSSR count). The molecule has 16 heavy (non-hydrogen) atoms. The summed E-state index contributed by atoms with van der Waals surface area (Å²) < 4.78 is 13.3. The highest BCUT2D eigenvalue weighted by Crippen LogP contribution is 2.30. The number of nitrogens with zero attached hydrogens (tertiary/aromatic N) is 2. The van der Waals surface area contributed by atoms with Crippen LogP contribution in [0, 0.1) is 26.0 Å². The summed E-state index contributed by atoms with van der Waals surface area (Å²) in [4.78, 5) is 19.3. The molecule has 0 aliphatic rings. The van der Waals surface area contributed by atoms with Crippen molar-refractivity contribution in [2.24, 2.45) is 0 Å². The van der Waals surface area contributed by atoms with Crippen LogP contribution in [0.15, 0.2) is 12.1 Å². The topological polar surface area (TPSA) is 86.3 Å². The van der Waals surface area contributed by atoms with Crippen LogP contribution in [0.3, 0.4) is 0 Å². The van der Waals surface area contributed by atoms with Crippen LogP contribution < -0.4 is 0 Å². The second kappa shape index (κ2) is 4.40. The lowest BCUT2D eigenvalue weighted by atomic mass is 10.1. The summed E-state index contributed by atoms with van der Waals surface area (Å²) in [6, 6.07) is 0.179. The lowest BCUT2D eigenvalue weighted by Crippen LogP contribution is -2.08. The van der Waals surface area contributed by atoms with Gasteiger partial charge in [-0.2, -0.15) is 0 Å². The molecule has 0 radical (unpaired) electrons. The van der Waals surface area contributed by atoms with Crippen molar-refractivity contribution in [3.05, 3.63) is 48.8 Å². The van der Waals surface area contributed by atoms with E-state index in [2.05, 4.69) is 0 Å². The first-order chi connectivity index (χ1) is 7.34. The van der Waals surface area contributed by atoms with E-state index in [0.29, 0.717) is 6.07 Å². The van der Waals surface area contributed by atoms with Crippen LogP contribution in [0.2, 0.25) is 5.02 Å². The van der Waals surface area contributed by atoms with Gasteiger partial charge in [-0.05, 0) is 6.07 Å². The minimum atomic E-state index is -1.31. The second-order valence-electron chi connectivity index (χ2n) is 3.04. The molecule has 0 aromatic heterocycles. The van der Waals surface area contributed by atoms with Crippen molar-refractivity contribution >= 4 is 17.3 Å². The lowest BCUT2D eigenvalue weighted by Gasteiger charge is -2.06. The molecule has 0 heterocycles. The highest BCUT2D eigenvalue weighted by atomic mass is 35.5. The zero-order chi connectivity index (χ0) is 12.5. The molecule has 1 unspecified atom stereocenters. The fourth-order valence-electron chi connectivity index (χ4n) is 1.13. The van der Waals surface area contributed by atoms with E-state index in [-0.39, 0.29) is 10.6 Å². The van der Waals surface area contributed by atoms with Gasteiger partial charge < -0.3 is 0 Å². The predicted octanol–water partition coefficient (Wildman–Crippen LogP) is 2.73. The van der Waals surface area contributed by atoms with Crippen LogP contribution in [-0.4, -0.2) is 9.85 Å². The van der Waals surface area contributed by atoms with Gasteiger partial charge in [0.2, 0.25) is 6.04 Å². The van der Waals surface area contributed by atoms with Gasteiger partial charge in [-0.15, -0.1) is 0 Å². The molecule has 0 fully saturated rings. The monoisotopic (exact) mass is 248 g/mol. The summed E-state index contributed by atoms with van der Waals surface area (Å²) in [7, 11) is 0. The number of halogens is 2. The number of benzene rings is 1. The van der Waals surface area contributed by atoms with Gasteiger partial charge in [-0.1, -0.05) is 11.6 Å². The van der Waals surface area contributed by atoms with Crippen LogP contribution in [-0.2, 0) is 0 Å². The molecule has 86 valence electrons. The number of rotatable bonds is 3. The van der Waals surface area contributed by atoms with Crippen LogP contribution in [0.1, 0.15) is 18.5 Å². The Morgan fingerprint density at radius 1 is 1.38 bits per heavy atom. The number of nitro benzene ring substituents is 1.